The summed E-state index contributed by atoms with van der Waals surface area (Å²) < 4.78 is 0. The van der Waals surface area contributed by atoms with Crippen LogP contribution in [0.4, 0.5) is 0 Å². The second-order valence-electron chi connectivity index (χ2n) is 11.7. The molecule has 4 N–H and O–H groups in total. The zero-order chi connectivity index (χ0) is 21.8. The molecule has 5 nitrogen and oxygen atoms in total. The molecule has 4 rings (SSSR count). The van der Waals surface area contributed by atoms with Crippen LogP contribution < -0.4 is 5.32 Å². The van der Waals surface area contributed by atoms with Gasteiger partial charge in [-0.05, 0) is 97.7 Å². The summed E-state index contributed by atoms with van der Waals surface area (Å²) in [5.41, 5.74) is -0.0595. The molecular formula is C25H43NO4. The van der Waals surface area contributed by atoms with Crippen molar-refractivity contribution < 1.29 is 20.1 Å². The van der Waals surface area contributed by atoms with Gasteiger partial charge in [0.1, 0.15) is 0 Å². The van der Waals surface area contributed by atoms with Crippen molar-refractivity contribution in [2.45, 2.75) is 96.9 Å². The van der Waals surface area contributed by atoms with Gasteiger partial charge in [-0.15, -0.1) is 0 Å². The van der Waals surface area contributed by atoms with Gasteiger partial charge in [-0.2, -0.15) is 0 Å². The molecule has 4 saturated carbocycles. The van der Waals surface area contributed by atoms with Crippen molar-refractivity contribution in [3.8, 4) is 0 Å². The zero-order valence-electron chi connectivity index (χ0n) is 19.3. The van der Waals surface area contributed by atoms with E-state index >= 15 is 0 Å². The molecule has 30 heavy (non-hydrogen) atoms. The van der Waals surface area contributed by atoms with Gasteiger partial charge in [0, 0.05) is 13.5 Å². The molecule has 4 aliphatic carbocycles. The van der Waals surface area contributed by atoms with Gasteiger partial charge in [-0.3, -0.25) is 4.79 Å². The van der Waals surface area contributed by atoms with Gasteiger partial charge in [0.2, 0.25) is 5.91 Å². The fourth-order valence-electron chi connectivity index (χ4n) is 8.82. The number of nitrogens with one attached hydrogen (secondary N) is 1. The molecule has 0 heterocycles. The number of carbonyl (C=O) groups is 1. The first-order valence-corrected chi connectivity index (χ1v) is 12.4. The number of carbonyl (C=O) groups excluding carboxylic acids is 1. The lowest BCUT2D eigenvalue weighted by Gasteiger charge is -2.63. The first-order valence-electron chi connectivity index (χ1n) is 12.4. The van der Waals surface area contributed by atoms with E-state index in [1.807, 2.05) is 0 Å². The number of rotatable bonds is 4. The second kappa shape index (κ2) is 8.04. The van der Waals surface area contributed by atoms with Crippen LogP contribution in [0.5, 0.6) is 0 Å². The van der Waals surface area contributed by atoms with Crippen LogP contribution in [0.15, 0.2) is 0 Å². The van der Waals surface area contributed by atoms with Crippen LogP contribution in [0.1, 0.15) is 78.6 Å². The highest BCUT2D eigenvalue weighted by atomic mass is 16.3. The molecule has 172 valence electrons. The van der Waals surface area contributed by atoms with E-state index in [4.69, 9.17) is 0 Å². The van der Waals surface area contributed by atoms with E-state index < -0.39 is 0 Å². The average Bonchev–Trinajstić information content (AvgIpc) is 3.06. The molecular weight excluding hydrogens is 378 g/mol. The molecule has 1 amide bonds. The van der Waals surface area contributed by atoms with Gasteiger partial charge in [-0.25, -0.2) is 0 Å². The monoisotopic (exact) mass is 421 g/mol. The van der Waals surface area contributed by atoms with Gasteiger partial charge >= 0.3 is 0 Å². The lowest BCUT2D eigenvalue weighted by atomic mass is 9.43. The van der Waals surface area contributed by atoms with E-state index in [1.165, 1.54) is 0 Å². The molecule has 0 aromatic rings. The number of hydrogen-bond acceptors (Lipinski definition) is 4. The fourth-order valence-corrected chi connectivity index (χ4v) is 8.82. The highest BCUT2D eigenvalue weighted by Crippen LogP contribution is 2.68. The molecule has 0 aliphatic heterocycles. The Bertz CT molecular complexity index is 655. The van der Waals surface area contributed by atoms with E-state index in [1.54, 1.807) is 7.05 Å². The van der Waals surface area contributed by atoms with Crippen molar-refractivity contribution in [3.05, 3.63) is 0 Å². The summed E-state index contributed by atoms with van der Waals surface area (Å²) in [6, 6.07) is 0. The molecule has 0 radical (unpaired) electrons. The maximum absolute atomic E-state index is 11.8. The third-order valence-corrected chi connectivity index (χ3v) is 10.6. The molecule has 11 atom stereocenters. The molecule has 11 unspecified atom stereocenters. The summed E-state index contributed by atoms with van der Waals surface area (Å²) in [6.07, 6.45) is 6.88. The van der Waals surface area contributed by atoms with Gasteiger partial charge in [0.25, 0.3) is 0 Å². The fraction of sp³-hybridized carbons (Fsp3) is 0.960. The number of aliphatic hydroxyl groups is 3. The molecule has 0 spiro atoms. The Morgan fingerprint density at radius 2 is 1.80 bits per heavy atom. The van der Waals surface area contributed by atoms with Gasteiger partial charge in [0.15, 0.2) is 0 Å². The van der Waals surface area contributed by atoms with Crippen LogP contribution in [-0.4, -0.2) is 46.6 Å². The summed E-state index contributed by atoms with van der Waals surface area (Å²) in [7, 11) is 1.69. The Kier molecular flexibility index (Phi) is 6.04. The zero-order valence-corrected chi connectivity index (χ0v) is 19.3. The highest BCUT2D eigenvalue weighted by molar-refractivity contribution is 5.75. The van der Waals surface area contributed by atoms with Crippen LogP contribution >= 0.6 is 0 Å². The molecule has 0 bridgehead atoms. The van der Waals surface area contributed by atoms with Gasteiger partial charge in [0.05, 0.1) is 18.3 Å². The van der Waals surface area contributed by atoms with Crippen molar-refractivity contribution in [1.82, 2.24) is 5.32 Å². The van der Waals surface area contributed by atoms with E-state index in [0.29, 0.717) is 36.0 Å². The smallest absolute Gasteiger partial charge is 0.219 e. The SMILES string of the molecule is CNC(=O)CCC(C)C1CCC2C3C(O)CC4CC(O)CCC4(C)C3CC(O)C12C. The average molecular weight is 422 g/mol. The van der Waals surface area contributed by atoms with Gasteiger partial charge < -0.3 is 20.6 Å². The quantitative estimate of drug-likeness (QED) is 0.561. The third-order valence-electron chi connectivity index (χ3n) is 10.6. The van der Waals surface area contributed by atoms with Crippen molar-refractivity contribution in [1.29, 1.82) is 0 Å². The van der Waals surface area contributed by atoms with Crippen molar-refractivity contribution in [2.24, 2.45) is 46.3 Å². The van der Waals surface area contributed by atoms with Crippen molar-refractivity contribution >= 4 is 5.91 Å². The Morgan fingerprint density at radius 1 is 1.07 bits per heavy atom. The van der Waals surface area contributed by atoms with E-state index in [9.17, 15) is 20.1 Å². The first kappa shape index (κ1) is 22.5. The van der Waals surface area contributed by atoms with Crippen LogP contribution in [-0.2, 0) is 4.79 Å². The second-order valence-corrected chi connectivity index (χ2v) is 11.7. The molecule has 0 aromatic heterocycles. The predicted molar refractivity (Wildman–Crippen MR) is 116 cm³/mol. The van der Waals surface area contributed by atoms with E-state index in [2.05, 4.69) is 26.1 Å². The van der Waals surface area contributed by atoms with E-state index in [-0.39, 0.29) is 41.0 Å². The lowest BCUT2D eigenvalue weighted by molar-refractivity contribution is -0.207. The Morgan fingerprint density at radius 3 is 2.50 bits per heavy atom. The highest BCUT2D eigenvalue weighted by Gasteiger charge is 2.65. The van der Waals surface area contributed by atoms with Gasteiger partial charge in [-0.1, -0.05) is 20.8 Å². The molecule has 4 aliphatic rings. The number of aliphatic hydroxyl groups excluding tert-OH is 3. The lowest BCUT2D eigenvalue weighted by Crippen LogP contribution is -2.62. The standard InChI is InChI=1S/C25H43NO4/c1-14(5-8-22(30)26-4)17-6-7-18-23-19(13-21(29)25(17,18)3)24(2)10-9-16(27)11-15(24)12-20(23)28/h14-21,23,27-29H,5-13H2,1-4H3,(H,26,30). The molecule has 0 aromatic carbocycles. The van der Waals surface area contributed by atoms with Crippen molar-refractivity contribution in [2.75, 3.05) is 7.05 Å². The van der Waals surface area contributed by atoms with Crippen LogP contribution in [0.2, 0.25) is 0 Å². The molecule has 4 fully saturated rings. The third kappa shape index (κ3) is 3.34. The summed E-state index contributed by atoms with van der Waals surface area (Å²) in [5.74, 6) is 2.17. The largest absolute Gasteiger partial charge is 0.393 e. The predicted octanol–water partition coefficient (Wildman–Crippen LogP) is 3.11. The van der Waals surface area contributed by atoms with Crippen LogP contribution in [0.25, 0.3) is 0 Å². The minimum Gasteiger partial charge on any atom is -0.393 e. The summed E-state index contributed by atoms with van der Waals surface area (Å²) >= 11 is 0. The topological polar surface area (TPSA) is 89.8 Å². The van der Waals surface area contributed by atoms with Crippen molar-refractivity contribution in [3.63, 3.8) is 0 Å². The normalized spacial score (nSPS) is 51.4. The minimum atomic E-state index is -0.353. The summed E-state index contributed by atoms with van der Waals surface area (Å²) in [4.78, 5) is 11.8. The summed E-state index contributed by atoms with van der Waals surface area (Å²) in [6.45, 7) is 6.90. The molecule has 5 heteroatoms. The van der Waals surface area contributed by atoms with E-state index in [0.717, 1.165) is 51.4 Å². The minimum absolute atomic E-state index is 0.0898. The number of amides is 1. The Labute approximate surface area is 182 Å². The maximum atomic E-state index is 11.8. The van der Waals surface area contributed by atoms with Crippen LogP contribution in [0.3, 0.4) is 0 Å². The molecule has 0 saturated heterocycles. The number of fused-ring (bicyclic) bond motifs is 5. The van der Waals surface area contributed by atoms with Crippen LogP contribution in [0, 0.1) is 46.3 Å². The first-order chi connectivity index (χ1) is 14.1. The maximum Gasteiger partial charge on any atom is 0.219 e. The summed E-state index contributed by atoms with van der Waals surface area (Å²) in [5, 5.41) is 35.8. The Balaban J connectivity index is 1.58. The Hall–Kier alpha value is -0.650. The number of hydrogen-bond donors (Lipinski definition) is 4.